The molecule has 0 radical (unpaired) electrons. The van der Waals surface area contributed by atoms with Crippen molar-refractivity contribution in [3.63, 3.8) is 0 Å². The fourth-order valence-electron chi connectivity index (χ4n) is 4.94. The fourth-order valence-corrected chi connectivity index (χ4v) is 5.30. The number of rotatable bonds is 4. The minimum atomic E-state index is -1.61. The molecule has 3 heterocycles. The van der Waals surface area contributed by atoms with E-state index in [4.69, 9.17) is 16.7 Å². The molecule has 0 aromatic carbocycles. The van der Waals surface area contributed by atoms with Crippen LogP contribution in [0.25, 0.3) is 10.9 Å². The molecule has 3 aliphatic rings. The van der Waals surface area contributed by atoms with Gasteiger partial charge in [0.2, 0.25) is 5.43 Å². The summed E-state index contributed by atoms with van der Waals surface area (Å²) in [5.74, 6) is 1.04. The second-order valence-electron chi connectivity index (χ2n) is 8.38. The van der Waals surface area contributed by atoms with Crippen molar-refractivity contribution in [3.05, 3.63) is 39.8 Å². The van der Waals surface area contributed by atoms with E-state index in [0.29, 0.717) is 23.2 Å². The first-order valence-corrected chi connectivity index (χ1v) is 10.6. The molecule has 2 aromatic heterocycles. The van der Waals surface area contributed by atoms with Crippen LogP contribution in [0.1, 0.15) is 18.9 Å². The number of nitrogens with one attached hydrogen (secondary N) is 1. The SMILES string of the molecule is CN[C@@H]1C=CC[C@@H]2CN(c3ncc4c(=O)c(OC(=O)O)cn([C@@H]5C[C@@H]5F)c4c3Cl)C[C@@H]21. The summed E-state index contributed by atoms with van der Waals surface area (Å²) < 4.78 is 20.1. The van der Waals surface area contributed by atoms with Gasteiger partial charge in [0.15, 0.2) is 5.75 Å². The Kier molecular flexibility index (Phi) is 4.90. The van der Waals surface area contributed by atoms with Gasteiger partial charge in [0, 0.05) is 37.7 Å². The maximum atomic E-state index is 14.0. The van der Waals surface area contributed by atoms with Crippen molar-refractivity contribution in [2.45, 2.75) is 31.1 Å². The van der Waals surface area contributed by atoms with E-state index in [2.05, 4.69) is 32.1 Å². The van der Waals surface area contributed by atoms with Crippen LogP contribution < -0.4 is 20.4 Å². The Morgan fingerprint density at radius 1 is 1.42 bits per heavy atom. The maximum Gasteiger partial charge on any atom is 0.511 e. The molecule has 5 rings (SSSR count). The van der Waals surface area contributed by atoms with Crippen molar-refractivity contribution < 1.29 is 19.0 Å². The molecule has 0 bridgehead atoms. The highest BCUT2D eigenvalue weighted by atomic mass is 35.5. The second-order valence-corrected chi connectivity index (χ2v) is 8.76. The minimum Gasteiger partial charge on any atom is -0.449 e. The van der Waals surface area contributed by atoms with Crippen molar-refractivity contribution in [3.8, 4) is 5.75 Å². The van der Waals surface area contributed by atoms with Crippen molar-refractivity contribution >= 4 is 34.5 Å². The largest absolute Gasteiger partial charge is 0.511 e. The average molecular weight is 449 g/mol. The highest BCUT2D eigenvalue weighted by Gasteiger charge is 2.42. The molecule has 10 heteroatoms. The highest BCUT2D eigenvalue weighted by Crippen LogP contribution is 2.44. The standard InChI is InChI=1S/C21H22ClFN4O4/c1-24-14-4-2-3-10-7-26(8-12(10)14)20-17(22)18-11(6-25-20)19(28)16(31-21(29)30)9-27(18)15-5-13(15)23/h2,4,6,9-10,12-15,24H,3,5,7-8H2,1H3,(H,29,30)/t10-,12+,13+,14-,15-/m1/s1. The van der Waals surface area contributed by atoms with Crippen LogP contribution in [0.15, 0.2) is 29.3 Å². The summed E-state index contributed by atoms with van der Waals surface area (Å²) in [5, 5.41) is 12.7. The number of hydrogen-bond acceptors (Lipinski definition) is 6. The Labute approximate surface area is 182 Å². The first kappa shape index (κ1) is 20.3. The van der Waals surface area contributed by atoms with Gasteiger partial charge in [0.25, 0.3) is 0 Å². The number of allylic oxidation sites excluding steroid dienone is 1. The number of likely N-dealkylation sites (N-methyl/N-ethyl adjacent to an activating group) is 1. The van der Waals surface area contributed by atoms with Crippen molar-refractivity contribution in [2.75, 3.05) is 25.0 Å². The molecule has 1 saturated carbocycles. The van der Waals surface area contributed by atoms with Gasteiger partial charge in [-0.2, -0.15) is 0 Å². The van der Waals surface area contributed by atoms with Gasteiger partial charge in [0.1, 0.15) is 17.0 Å². The topological polar surface area (TPSA) is 96.7 Å². The van der Waals surface area contributed by atoms with Gasteiger partial charge in [-0.25, -0.2) is 14.2 Å². The lowest BCUT2D eigenvalue weighted by molar-refractivity contribution is 0.143. The molecule has 5 atom stereocenters. The van der Waals surface area contributed by atoms with Crippen LogP contribution in [0.4, 0.5) is 15.0 Å². The predicted octanol–water partition coefficient (Wildman–Crippen LogP) is 2.99. The third kappa shape index (κ3) is 3.36. The van der Waals surface area contributed by atoms with E-state index >= 15 is 0 Å². The summed E-state index contributed by atoms with van der Waals surface area (Å²) in [6.07, 6.45) is 5.55. The summed E-state index contributed by atoms with van der Waals surface area (Å²) in [7, 11) is 1.94. The lowest BCUT2D eigenvalue weighted by atomic mass is 9.82. The second kappa shape index (κ2) is 7.49. The number of carbonyl (C=O) groups is 1. The molecular weight excluding hydrogens is 427 g/mol. The summed E-state index contributed by atoms with van der Waals surface area (Å²) in [4.78, 5) is 30.4. The molecule has 2 aromatic rings. The van der Waals surface area contributed by atoms with Crippen LogP contribution in [0.2, 0.25) is 5.02 Å². The molecule has 2 fully saturated rings. The molecule has 0 amide bonds. The van der Waals surface area contributed by atoms with Crippen molar-refractivity contribution in [1.29, 1.82) is 0 Å². The number of ether oxygens (including phenoxy) is 1. The molecule has 1 aliphatic heterocycles. The van der Waals surface area contributed by atoms with Crippen LogP contribution in [0.3, 0.4) is 0 Å². The Hall–Kier alpha value is -2.65. The number of carboxylic acid groups (broad SMARTS) is 1. The highest BCUT2D eigenvalue weighted by molar-refractivity contribution is 6.37. The van der Waals surface area contributed by atoms with Crippen LogP contribution in [0, 0.1) is 11.8 Å². The van der Waals surface area contributed by atoms with E-state index in [-0.39, 0.29) is 28.6 Å². The number of pyridine rings is 2. The monoisotopic (exact) mass is 448 g/mol. The molecule has 2 aliphatic carbocycles. The van der Waals surface area contributed by atoms with E-state index in [1.54, 1.807) is 0 Å². The summed E-state index contributed by atoms with van der Waals surface area (Å²) in [6, 6.07) is -0.248. The van der Waals surface area contributed by atoms with Gasteiger partial charge in [-0.1, -0.05) is 23.8 Å². The molecule has 2 N–H and O–H groups in total. The summed E-state index contributed by atoms with van der Waals surface area (Å²) >= 11 is 6.77. The molecule has 31 heavy (non-hydrogen) atoms. The Bertz CT molecular complexity index is 1150. The number of halogens is 2. The van der Waals surface area contributed by atoms with Crippen molar-refractivity contribution in [2.24, 2.45) is 11.8 Å². The molecule has 0 unspecified atom stereocenters. The van der Waals surface area contributed by atoms with E-state index < -0.39 is 23.8 Å². The van der Waals surface area contributed by atoms with Gasteiger partial charge in [-0.05, 0) is 19.4 Å². The lowest BCUT2D eigenvalue weighted by Gasteiger charge is -2.28. The molecule has 8 nitrogen and oxygen atoms in total. The summed E-state index contributed by atoms with van der Waals surface area (Å²) in [5.41, 5.74) is -0.280. The van der Waals surface area contributed by atoms with Gasteiger partial charge < -0.3 is 24.6 Å². The Morgan fingerprint density at radius 2 is 2.19 bits per heavy atom. The van der Waals surface area contributed by atoms with Crippen LogP contribution >= 0.6 is 11.6 Å². The van der Waals surface area contributed by atoms with E-state index in [9.17, 15) is 14.0 Å². The quantitative estimate of drug-likeness (QED) is 0.548. The number of alkyl halides is 1. The smallest absolute Gasteiger partial charge is 0.449 e. The van der Waals surface area contributed by atoms with E-state index in [0.717, 1.165) is 19.5 Å². The summed E-state index contributed by atoms with van der Waals surface area (Å²) in [6.45, 7) is 1.55. The Morgan fingerprint density at radius 3 is 2.87 bits per heavy atom. The third-order valence-corrected chi connectivity index (χ3v) is 6.91. The number of fused-ring (bicyclic) bond motifs is 2. The van der Waals surface area contributed by atoms with Gasteiger partial charge in [-0.3, -0.25) is 4.79 Å². The molecule has 164 valence electrons. The zero-order chi connectivity index (χ0) is 21.9. The van der Waals surface area contributed by atoms with Gasteiger partial charge in [-0.15, -0.1) is 0 Å². The first-order valence-electron chi connectivity index (χ1n) is 10.3. The molecule has 0 spiro atoms. The number of hydrogen-bond donors (Lipinski definition) is 2. The predicted molar refractivity (Wildman–Crippen MR) is 114 cm³/mol. The van der Waals surface area contributed by atoms with Crippen LogP contribution in [-0.4, -0.2) is 53.2 Å². The number of aromatic nitrogens is 2. The maximum absolute atomic E-state index is 14.0. The van der Waals surface area contributed by atoms with Crippen LogP contribution in [0.5, 0.6) is 5.75 Å². The van der Waals surface area contributed by atoms with Crippen molar-refractivity contribution in [1.82, 2.24) is 14.9 Å². The molecular formula is C21H22ClFN4O4. The zero-order valence-corrected chi connectivity index (χ0v) is 17.6. The average Bonchev–Trinajstić information content (AvgIpc) is 3.30. The van der Waals surface area contributed by atoms with E-state index in [1.807, 2.05) is 7.05 Å². The number of nitrogens with zero attached hydrogens (tertiary/aromatic N) is 3. The van der Waals surface area contributed by atoms with E-state index in [1.165, 1.54) is 17.0 Å². The minimum absolute atomic E-state index is 0.109. The number of anilines is 1. The fraction of sp³-hybridized carbons (Fsp3) is 0.476. The van der Waals surface area contributed by atoms with Crippen LogP contribution in [-0.2, 0) is 0 Å². The normalized spacial score (nSPS) is 29.3. The lowest BCUT2D eigenvalue weighted by Crippen LogP contribution is -2.38. The Balaban J connectivity index is 1.60. The first-order chi connectivity index (χ1) is 14.9. The van der Waals surface area contributed by atoms with Gasteiger partial charge >= 0.3 is 6.16 Å². The molecule has 1 saturated heterocycles. The third-order valence-electron chi connectivity index (χ3n) is 6.56. The zero-order valence-electron chi connectivity index (χ0n) is 16.8. The van der Waals surface area contributed by atoms with Gasteiger partial charge in [0.05, 0.1) is 23.1 Å².